The van der Waals surface area contributed by atoms with Gasteiger partial charge in [0.05, 0.1) is 11.5 Å². The molecule has 0 amide bonds. The van der Waals surface area contributed by atoms with Gasteiger partial charge in [0.1, 0.15) is 0 Å². The van der Waals surface area contributed by atoms with E-state index >= 15 is 0 Å². The maximum absolute atomic E-state index is 11.2. The standard InChI is InChI=1S/C11H20O3S/c1-3-5-9(10(12)13)11(14)6-4-7-15-8(11)2/h8-9,14H,3-7H2,1-2H3,(H,12,13). The summed E-state index contributed by atoms with van der Waals surface area (Å²) >= 11 is 1.68. The number of thioether (sulfide) groups is 1. The highest BCUT2D eigenvalue weighted by Gasteiger charge is 2.46. The summed E-state index contributed by atoms with van der Waals surface area (Å²) in [4.78, 5) is 11.2. The van der Waals surface area contributed by atoms with Crippen molar-refractivity contribution in [3.05, 3.63) is 0 Å². The lowest BCUT2D eigenvalue weighted by molar-refractivity contribution is -0.153. The summed E-state index contributed by atoms with van der Waals surface area (Å²) in [7, 11) is 0. The second-order valence-electron chi connectivity index (χ2n) is 4.29. The van der Waals surface area contributed by atoms with Crippen LogP contribution in [-0.4, -0.2) is 32.8 Å². The zero-order chi connectivity index (χ0) is 11.5. The molecular formula is C11H20O3S. The highest BCUT2D eigenvalue weighted by atomic mass is 32.2. The van der Waals surface area contributed by atoms with Gasteiger partial charge >= 0.3 is 5.97 Å². The predicted molar refractivity (Wildman–Crippen MR) is 62.1 cm³/mol. The quantitative estimate of drug-likeness (QED) is 0.779. The molecule has 1 heterocycles. The average molecular weight is 232 g/mol. The van der Waals surface area contributed by atoms with Gasteiger partial charge in [-0.15, -0.1) is 0 Å². The molecule has 0 aliphatic carbocycles. The molecule has 1 aliphatic heterocycles. The van der Waals surface area contributed by atoms with Gasteiger partial charge in [-0.3, -0.25) is 4.79 Å². The summed E-state index contributed by atoms with van der Waals surface area (Å²) in [5.41, 5.74) is -1.01. The molecule has 3 nitrogen and oxygen atoms in total. The fraction of sp³-hybridized carbons (Fsp3) is 0.909. The van der Waals surface area contributed by atoms with Crippen molar-refractivity contribution >= 4 is 17.7 Å². The molecule has 1 aliphatic rings. The normalized spacial score (nSPS) is 33.7. The van der Waals surface area contributed by atoms with Crippen LogP contribution in [0.2, 0.25) is 0 Å². The van der Waals surface area contributed by atoms with Gasteiger partial charge in [-0.2, -0.15) is 11.8 Å². The molecule has 0 aromatic carbocycles. The van der Waals surface area contributed by atoms with E-state index in [1.165, 1.54) is 0 Å². The molecule has 0 radical (unpaired) electrons. The van der Waals surface area contributed by atoms with E-state index < -0.39 is 17.5 Å². The summed E-state index contributed by atoms with van der Waals surface area (Å²) in [6.07, 6.45) is 2.91. The Morgan fingerprint density at radius 2 is 2.33 bits per heavy atom. The summed E-state index contributed by atoms with van der Waals surface area (Å²) < 4.78 is 0. The third-order valence-electron chi connectivity index (χ3n) is 3.27. The number of hydrogen-bond acceptors (Lipinski definition) is 3. The van der Waals surface area contributed by atoms with Gasteiger partial charge in [0.25, 0.3) is 0 Å². The van der Waals surface area contributed by atoms with E-state index in [-0.39, 0.29) is 5.25 Å². The molecule has 3 atom stereocenters. The molecule has 88 valence electrons. The minimum atomic E-state index is -1.01. The largest absolute Gasteiger partial charge is 0.481 e. The molecule has 0 saturated carbocycles. The first-order chi connectivity index (χ1) is 7.02. The van der Waals surface area contributed by atoms with Crippen LogP contribution in [0.1, 0.15) is 39.5 Å². The van der Waals surface area contributed by atoms with Crippen LogP contribution >= 0.6 is 11.8 Å². The molecule has 0 aromatic rings. The third kappa shape index (κ3) is 2.67. The van der Waals surface area contributed by atoms with E-state index in [1.54, 1.807) is 11.8 Å². The number of carbonyl (C=O) groups is 1. The molecule has 0 spiro atoms. The molecule has 1 fully saturated rings. The Morgan fingerprint density at radius 3 is 2.80 bits per heavy atom. The second-order valence-corrected chi connectivity index (χ2v) is 5.74. The monoisotopic (exact) mass is 232 g/mol. The van der Waals surface area contributed by atoms with Crippen LogP contribution in [-0.2, 0) is 4.79 Å². The molecule has 15 heavy (non-hydrogen) atoms. The maximum Gasteiger partial charge on any atom is 0.309 e. The van der Waals surface area contributed by atoms with Gasteiger partial charge in [-0.1, -0.05) is 20.3 Å². The third-order valence-corrected chi connectivity index (χ3v) is 4.70. The van der Waals surface area contributed by atoms with Crippen LogP contribution in [0, 0.1) is 5.92 Å². The highest BCUT2D eigenvalue weighted by Crippen LogP contribution is 2.40. The predicted octanol–water partition coefficient (Wildman–Crippen LogP) is 2.13. The molecule has 1 rings (SSSR count). The van der Waals surface area contributed by atoms with E-state index in [4.69, 9.17) is 0 Å². The zero-order valence-corrected chi connectivity index (χ0v) is 10.2. The number of aliphatic hydroxyl groups is 1. The van der Waals surface area contributed by atoms with Crippen molar-refractivity contribution in [2.75, 3.05) is 5.75 Å². The molecule has 0 aromatic heterocycles. The van der Waals surface area contributed by atoms with Crippen molar-refractivity contribution in [3.63, 3.8) is 0 Å². The molecular weight excluding hydrogens is 212 g/mol. The fourth-order valence-corrected chi connectivity index (χ4v) is 3.53. The summed E-state index contributed by atoms with van der Waals surface area (Å²) in [6, 6.07) is 0. The number of aliphatic carboxylic acids is 1. The van der Waals surface area contributed by atoms with E-state index in [0.29, 0.717) is 12.8 Å². The molecule has 1 saturated heterocycles. The number of rotatable bonds is 4. The van der Waals surface area contributed by atoms with Crippen molar-refractivity contribution in [1.29, 1.82) is 0 Å². The first-order valence-electron chi connectivity index (χ1n) is 5.59. The Bertz CT molecular complexity index is 232. The summed E-state index contributed by atoms with van der Waals surface area (Å²) in [6.45, 7) is 3.90. The van der Waals surface area contributed by atoms with Gasteiger partial charge in [0, 0.05) is 5.25 Å². The van der Waals surface area contributed by atoms with Gasteiger partial charge in [-0.05, 0) is 25.0 Å². The first kappa shape index (κ1) is 12.8. The maximum atomic E-state index is 11.2. The van der Waals surface area contributed by atoms with E-state index in [0.717, 1.165) is 18.6 Å². The topological polar surface area (TPSA) is 57.5 Å². The van der Waals surface area contributed by atoms with Crippen molar-refractivity contribution in [3.8, 4) is 0 Å². The van der Waals surface area contributed by atoms with E-state index in [2.05, 4.69) is 0 Å². The number of carboxylic acid groups (broad SMARTS) is 1. The van der Waals surface area contributed by atoms with Crippen LogP contribution < -0.4 is 0 Å². The van der Waals surface area contributed by atoms with Crippen LogP contribution in [0.25, 0.3) is 0 Å². The van der Waals surface area contributed by atoms with Crippen LogP contribution in [0.5, 0.6) is 0 Å². The van der Waals surface area contributed by atoms with Crippen molar-refractivity contribution < 1.29 is 15.0 Å². The number of carboxylic acids is 1. The van der Waals surface area contributed by atoms with Crippen LogP contribution in [0.15, 0.2) is 0 Å². The minimum Gasteiger partial charge on any atom is -0.481 e. The fourth-order valence-electron chi connectivity index (χ4n) is 2.30. The Morgan fingerprint density at radius 1 is 1.67 bits per heavy atom. The van der Waals surface area contributed by atoms with E-state index in [9.17, 15) is 15.0 Å². The van der Waals surface area contributed by atoms with Crippen LogP contribution in [0.3, 0.4) is 0 Å². The lowest BCUT2D eigenvalue weighted by Gasteiger charge is -2.41. The zero-order valence-electron chi connectivity index (χ0n) is 9.40. The Balaban J connectivity index is 2.82. The van der Waals surface area contributed by atoms with Gasteiger partial charge in [0.2, 0.25) is 0 Å². The molecule has 2 N–H and O–H groups in total. The average Bonchev–Trinajstić information content (AvgIpc) is 2.18. The summed E-state index contributed by atoms with van der Waals surface area (Å²) in [5, 5.41) is 19.7. The Hall–Kier alpha value is -0.220. The van der Waals surface area contributed by atoms with E-state index in [1.807, 2.05) is 13.8 Å². The second kappa shape index (κ2) is 5.21. The Labute approximate surface area is 95.3 Å². The minimum absolute atomic E-state index is 0.0268. The van der Waals surface area contributed by atoms with Crippen molar-refractivity contribution in [2.45, 2.75) is 50.4 Å². The molecule has 3 unspecified atom stereocenters. The van der Waals surface area contributed by atoms with Crippen LogP contribution in [0.4, 0.5) is 0 Å². The molecule has 0 bridgehead atoms. The first-order valence-corrected chi connectivity index (χ1v) is 6.64. The lowest BCUT2D eigenvalue weighted by Crippen LogP contribution is -2.51. The Kier molecular flexibility index (Phi) is 4.46. The van der Waals surface area contributed by atoms with Gasteiger partial charge in [0.15, 0.2) is 0 Å². The van der Waals surface area contributed by atoms with Gasteiger partial charge < -0.3 is 10.2 Å². The summed E-state index contributed by atoms with van der Waals surface area (Å²) in [5.74, 6) is -0.430. The van der Waals surface area contributed by atoms with Crippen molar-refractivity contribution in [1.82, 2.24) is 0 Å². The SMILES string of the molecule is CCCC(C(=O)O)C1(O)CCCSC1C. The number of hydrogen-bond donors (Lipinski definition) is 2. The highest BCUT2D eigenvalue weighted by molar-refractivity contribution is 8.00. The van der Waals surface area contributed by atoms with Gasteiger partial charge in [-0.25, -0.2) is 0 Å². The van der Waals surface area contributed by atoms with Crippen molar-refractivity contribution in [2.24, 2.45) is 5.92 Å². The molecule has 4 heteroatoms. The smallest absolute Gasteiger partial charge is 0.309 e. The lowest BCUT2D eigenvalue weighted by atomic mass is 9.78.